The molecule has 1 aromatic carbocycles. The van der Waals surface area contributed by atoms with Crippen molar-refractivity contribution in [1.82, 2.24) is 0 Å². The molecule has 0 amide bonds. The molecule has 0 fully saturated rings. The molecule has 0 atom stereocenters. The number of carbonyl (C=O) groups is 2. The summed E-state index contributed by atoms with van der Waals surface area (Å²) in [6.45, 7) is 2.20. The van der Waals surface area contributed by atoms with E-state index in [1.54, 1.807) is 25.1 Å². The number of hydrogen-bond acceptors (Lipinski definition) is 6. The third-order valence-electron chi connectivity index (χ3n) is 2.39. The van der Waals surface area contributed by atoms with Crippen molar-refractivity contribution in [3.8, 4) is 5.75 Å². The number of methoxy groups -OCH3 is 2. The van der Waals surface area contributed by atoms with Crippen molar-refractivity contribution in [1.29, 1.82) is 0 Å². The number of anilines is 1. The number of nitrogens with one attached hydrogen (secondary N) is 1. The SMILES string of the molecule is CCOc1c(Cl)cccc1N/C(=C/C(=O)OC)C(=O)OC. The highest BCUT2D eigenvalue weighted by molar-refractivity contribution is 6.32. The maximum Gasteiger partial charge on any atom is 0.354 e. The number of rotatable bonds is 6. The molecule has 0 saturated carbocycles. The number of hydrogen-bond donors (Lipinski definition) is 1. The second kappa shape index (κ2) is 8.16. The van der Waals surface area contributed by atoms with Crippen molar-refractivity contribution >= 4 is 29.2 Å². The molecule has 7 heteroatoms. The summed E-state index contributed by atoms with van der Waals surface area (Å²) in [6.07, 6.45) is 0.989. The molecular weight excluding hydrogens is 298 g/mol. The smallest absolute Gasteiger partial charge is 0.354 e. The normalized spacial score (nSPS) is 10.8. The van der Waals surface area contributed by atoms with Crippen LogP contribution in [0.25, 0.3) is 0 Å². The van der Waals surface area contributed by atoms with E-state index in [0.29, 0.717) is 23.1 Å². The Kier molecular flexibility index (Phi) is 6.55. The lowest BCUT2D eigenvalue weighted by Gasteiger charge is -2.14. The summed E-state index contributed by atoms with van der Waals surface area (Å²) in [6, 6.07) is 4.99. The summed E-state index contributed by atoms with van der Waals surface area (Å²) >= 11 is 6.05. The molecule has 0 aromatic heterocycles. The maximum atomic E-state index is 11.7. The zero-order valence-corrected chi connectivity index (χ0v) is 12.7. The van der Waals surface area contributed by atoms with Crippen molar-refractivity contribution in [3.63, 3.8) is 0 Å². The van der Waals surface area contributed by atoms with Crippen molar-refractivity contribution in [2.75, 3.05) is 26.1 Å². The molecule has 0 heterocycles. The Bertz CT molecular complexity index is 556. The Morgan fingerprint density at radius 1 is 1.29 bits per heavy atom. The lowest BCUT2D eigenvalue weighted by molar-refractivity contribution is -0.138. The van der Waals surface area contributed by atoms with Crippen LogP contribution in [-0.2, 0) is 19.1 Å². The van der Waals surface area contributed by atoms with Crippen LogP contribution >= 0.6 is 11.6 Å². The summed E-state index contributed by atoms with van der Waals surface area (Å²) in [4.78, 5) is 23.0. The van der Waals surface area contributed by atoms with E-state index in [9.17, 15) is 9.59 Å². The summed E-state index contributed by atoms with van der Waals surface area (Å²) in [5.41, 5.74) is 0.345. The Morgan fingerprint density at radius 3 is 2.57 bits per heavy atom. The molecule has 21 heavy (non-hydrogen) atoms. The summed E-state index contributed by atoms with van der Waals surface area (Å²) in [5, 5.41) is 3.14. The zero-order valence-electron chi connectivity index (χ0n) is 11.9. The van der Waals surface area contributed by atoms with Gasteiger partial charge < -0.3 is 19.5 Å². The predicted octanol–water partition coefficient (Wildman–Crippen LogP) is 2.38. The molecule has 1 N–H and O–H groups in total. The highest BCUT2D eigenvalue weighted by atomic mass is 35.5. The molecule has 0 radical (unpaired) electrons. The standard InChI is InChI=1S/C14H16ClNO5/c1-4-21-13-9(15)6-5-7-10(13)16-11(14(18)20-3)8-12(17)19-2/h5-8,16H,4H2,1-3H3/b11-8+. The third-order valence-corrected chi connectivity index (χ3v) is 2.69. The van der Waals surface area contributed by atoms with Gasteiger partial charge in [0, 0.05) is 0 Å². The molecule has 0 unspecified atom stereocenters. The van der Waals surface area contributed by atoms with E-state index in [-0.39, 0.29) is 5.70 Å². The van der Waals surface area contributed by atoms with Crippen LogP contribution in [0.15, 0.2) is 30.0 Å². The molecule has 114 valence electrons. The van der Waals surface area contributed by atoms with Crippen LogP contribution in [0.5, 0.6) is 5.75 Å². The summed E-state index contributed by atoms with van der Waals surface area (Å²) < 4.78 is 14.5. The zero-order chi connectivity index (χ0) is 15.8. The van der Waals surface area contributed by atoms with E-state index in [1.165, 1.54) is 14.2 Å². The van der Waals surface area contributed by atoms with E-state index in [2.05, 4.69) is 14.8 Å². The second-order valence-electron chi connectivity index (χ2n) is 3.75. The second-order valence-corrected chi connectivity index (χ2v) is 4.15. The quantitative estimate of drug-likeness (QED) is 0.642. The average molecular weight is 314 g/mol. The Morgan fingerprint density at radius 2 is 2.00 bits per heavy atom. The van der Waals surface area contributed by atoms with Gasteiger partial charge in [-0.15, -0.1) is 0 Å². The number of ether oxygens (including phenoxy) is 3. The Labute approximate surface area is 127 Å². The van der Waals surface area contributed by atoms with Gasteiger partial charge in [0.25, 0.3) is 0 Å². The number of carbonyl (C=O) groups excluding carboxylic acids is 2. The van der Waals surface area contributed by atoms with Gasteiger partial charge in [-0.05, 0) is 19.1 Å². The van der Waals surface area contributed by atoms with Gasteiger partial charge in [0.1, 0.15) is 5.70 Å². The van der Waals surface area contributed by atoms with Crippen LogP contribution in [0, 0.1) is 0 Å². The van der Waals surface area contributed by atoms with Crippen molar-refractivity contribution in [2.24, 2.45) is 0 Å². The molecule has 0 bridgehead atoms. The molecule has 0 aliphatic carbocycles. The van der Waals surface area contributed by atoms with Crippen LogP contribution < -0.4 is 10.1 Å². The molecule has 1 aromatic rings. The van der Waals surface area contributed by atoms with Gasteiger partial charge in [-0.25, -0.2) is 9.59 Å². The van der Waals surface area contributed by atoms with Crippen LogP contribution in [0.2, 0.25) is 5.02 Å². The van der Waals surface area contributed by atoms with Gasteiger partial charge in [-0.3, -0.25) is 0 Å². The largest absolute Gasteiger partial charge is 0.490 e. The lowest BCUT2D eigenvalue weighted by atomic mass is 10.2. The van der Waals surface area contributed by atoms with Gasteiger partial charge >= 0.3 is 11.9 Å². The number of esters is 2. The van der Waals surface area contributed by atoms with Crippen LogP contribution in [0.1, 0.15) is 6.92 Å². The van der Waals surface area contributed by atoms with Crippen LogP contribution in [-0.4, -0.2) is 32.8 Å². The number of para-hydroxylation sites is 1. The Balaban J connectivity index is 3.15. The first-order chi connectivity index (χ1) is 10.0. The maximum absolute atomic E-state index is 11.7. The number of halogens is 1. The van der Waals surface area contributed by atoms with Crippen molar-refractivity contribution in [2.45, 2.75) is 6.92 Å². The van der Waals surface area contributed by atoms with Crippen LogP contribution in [0.4, 0.5) is 5.69 Å². The first kappa shape index (κ1) is 16.8. The minimum absolute atomic E-state index is 0.0902. The minimum Gasteiger partial charge on any atom is -0.490 e. The molecule has 0 aliphatic heterocycles. The molecule has 6 nitrogen and oxygen atoms in total. The lowest BCUT2D eigenvalue weighted by Crippen LogP contribution is -2.16. The predicted molar refractivity (Wildman–Crippen MR) is 78.4 cm³/mol. The molecule has 0 saturated heterocycles. The minimum atomic E-state index is -0.720. The van der Waals surface area contributed by atoms with E-state index in [0.717, 1.165) is 6.08 Å². The fourth-order valence-corrected chi connectivity index (χ4v) is 1.71. The third kappa shape index (κ3) is 4.68. The van der Waals surface area contributed by atoms with Crippen molar-refractivity contribution in [3.05, 3.63) is 35.0 Å². The van der Waals surface area contributed by atoms with Gasteiger partial charge in [0.15, 0.2) is 5.75 Å². The van der Waals surface area contributed by atoms with Gasteiger partial charge in [-0.1, -0.05) is 17.7 Å². The average Bonchev–Trinajstić information content (AvgIpc) is 2.48. The van der Waals surface area contributed by atoms with Gasteiger partial charge in [0.05, 0.1) is 37.6 Å². The summed E-state index contributed by atoms with van der Waals surface area (Å²) in [5.74, 6) is -1.04. The highest BCUT2D eigenvalue weighted by Crippen LogP contribution is 2.33. The first-order valence-corrected chi connectivity index (χ1v) is 6.47. The summed E-state index contributed by atoms with van der Waals surface area (Å²) in [7, 11) is 2.41. The monoisotopic (exact) mass is 313 g/mol. The van der Waals surface area contributed by atoms with E-state index >= 15 is 0 Å². The highest BCUT2D eigenvalue weighted by Gasteiger charge is 2.16. The topological polar surface area (TPSA) is 73.9 Å². The molecular formula is C14H16ClNO5. The van der Waals surface area contributed by atoms with Crippen molar-refractivity contribution < 1.29 is 23.8 Å². The first-order valence-electron chi connectivity index (χ1n) is 6.09. The molecule has 0 aliphatic rings. The fourth-order valence-electron chi connectivity index (χ4n) is 1.48. The van der Waals surface area contributed by atoms with E-state index in [4.69, 9.17) is 16.3 Å². The fraction of sp³-hybridized carbons (Fsp3) is 0.286. The number of benzene rings is 1. The molecule has 1 rings (SSSR count). The Hall–Kier alpha value is -2.21. The van der Waals surface area contributed by atoms with E-state index in [1.807, 2.05) is 0 Å². The van der Waals surface area contributed by atoms with E-state index < -0.39 is 11.9 Å². The van der Waals surface area contributed by atoms with Crippen LogP contribution in [0.3, 0.4) is 0 Å². The van der Waals surface area contributed by atoms with Gasteiger partial charge in [-0.2, -0.15) is 0 Å². The molecule has 0 spiro atoms. The van der Waals surface area contributed by atoms with Gasteiger partial charge in [0.2, 0.25) is 0 Å².